The highest BCUT2D eigenvalue weighted by Gasteiger charge is 2.06. The number of amides is 2. The molecule has 0 saturated carbocycles. The van der Waals surface area contributed by atoms with E-state index in [4.69, 9.17) is 17.0 Å². The highest BCUT2D eigenvalue weighted by Crippen LogP contribution is 2.18. The van der Waals surface area contributed by atoms with Crippen LogP contribution < -0.4 is 20.9 Å². The van der Waals surface area contributed by atoms with Gasteiger partial charge in [-0.15, -0.1) is 0 Å². The first-order chi connectivity index (χ1) is 13.8. The number of carbonyl (C=O) groups excluding carboxylic acids is 2. The molecule has 0 aliphatic heterocycles. The van der Waals surface area contributed by atoms with Crippen LogP contribution >= 0.6 is 12.2 Å². The Hall–Kier alpha value is -3.26. The molecular formula is C21H22FN3O3S. The van der Waals surface area contributed by atoms with E-state index in [-0.39, 0.29) is 17.5 Å². The van der Waals surface area contributed by atoms with Gasteiger partial charge in [-0.05, 0) is 59.6 Å². The van der Waals surface area contributed by atoms with Crippen molar-refractivity contribution in [3.63, 3.8) is 0 Å². The monoisotopic (exact) mass is 415 g/mol. The van der Waals surface area contributed by atoms with Gasteiger partial charge in [-0.25, -0.2) is 4.39 Å². The van der Waals surface area contributed by atoms with E-state index in [1.165, 1.54) is 42.0 Å². The maximum Gasteiger partial charge on any atom is 0.276 e. The van der Waals surface area contributed by atoms with Gasteiger partial charge >= 0.3 is 0 Å². The normalized spacial score (nSPS) is 10.6. The summed E-state index contributed by atoms with van der Waals surface area (Å²) in [6.45, 7) is 3.97. The summed E-state index contributed by atoms with van der Waals surface area (Å²) in [6.07, 6.45) is 2.75. The van der Waals surface area contributed by atoms with Crippen molar-refractivity contribution < 1.29 is 18.7 Å². The van der Waals surface area contributed by atoms with Gasteiger partial charge in [-0.3, -0.25) is 25.8 Å². The molecule has 0 atom stereocenters. The van der Waals surface area contributed by atoms with E-state index < -0.39 is 11.8 Å². The van der Waals surface area contributed by atoms with Gasteiger partial charge in [-0.1, -0.05) is 38.1 Å². The second kappa shape index (κ2) is 10.9. The first-order valence-electron chi connectivity index (χ1n) is 8.89. The van der Waals surface area contributed by atoms with E-state index in [2.05, 4.69) is 30.0 Å². The molecule has 2 aromatic rings. The zero-order chi connectivity index (χ0) is 21.2. The molecule has 29 heavy (non-hydrogen) atoms. The lowest BCUT2D eigenvalue weighted by molar-refractivity contribution is -0.123. The molecule has 0 spiro atoms. The SMILES string of the molecule is CC(C)c1ccc(OCC(=O)NNC(=S)NC(=O)/C=C/c2ccc(F)cc2)cc1. The predicted molar refractivity (Wildman–Crippen MR) is 113 cm³/mol. The average molecular weight is 415 g/mol. The molecule has 0 radical (unpaired) electrons. The number of thiocarbonyl (C=S) groups is 1. The summed E-state index contributed by atoms with van der Waals surface area (Å²) in [6, 6.07) is 13.1. The number of carbonyl (C=O) groups is 2. The molecule has 0 aliphatic rings. The lowest BCUT2D eigenvalue weighted by Gasteiger charge is -2.11. The van der Waals surface area contributed by atoms with Crippen molar-refractivity contribution in [2.45, 2.75) is 19.8 Å². The van der Waals surface area contributed by atoms with E-state index >= 15 is 0 Å². The van der Waals surface area contributed by atoms with Gasteiger partial charge in [0, 0.05) is 6.08 Å². The van der Waals surface area contributed by atoms with Gasteiger partial charge < -0.3 is 4.74 Å². The molecule has 8 heteroatoms. The van der Waals surface area contributed by atoms with Crippen molar-refractivity contribution in [1.82, 2.24) is 16.2 Å². The summed E-state index contributed by atoms with van der Waals surface area (Å²) in [7, 11) is 0. The van der Waals surface area contributed by atoms with Crippen LogP contribution in [0.4, 0.5) is 4.39 Å². The maximum absolute atomic E-state index is 12.8. The molecule has 0 fully saturated rings. The van der Waals surface area contributed by atoms with Crippen LogP contribution in [0.15, 0.2) is 54.6 Å². The first kappa shape index (κ1) is 22.0. The van der Waals surface area contributed by atoms with E-state index in [0.717, 1.165) is 0 Å². The van der Waals surface area contributed by atoms with Crippen molar-refractivity contribution >= 4 is 35.2 Å². The van der Waals surface area contributed by atoms with Crippen LogP contribution in [0.5, 0.6) is 5.75 Å². The van der Waals surface area contributed by atoms with Gasteiger partial charge in [0.2, 0.25) is 5.91 Å². The smallest absolute Gasteiger partial charge is 0.276 e. The molecule has 0 saturated heterocycles. The average Bonchev–Trinajstić information content (AvgIpc) is 2.70. The lowest BCUT2D eigenvalue weighted by Crippen LogP contribution is -2.49. The second-order valence-corrected chi connectivity index (χ2v) is 6.80. The third-order valence-electron chi connectivity index (χ3n) is 3.77. The number of hydrogen-bond acceptors (Lipinski definition) is 4. The van der Waals surface area contributed by atoms with Crippen LogP contribution in [0.1, 0.15) is 30.9 Å². The Kier molecular flexibility index (Phi) is 8.29. The van der Waals surface area contributed by atoms with Gasteiger partial charge in [0.15, 0.2) is 11.7 Å². The minimum Gasteiger partial charge on any atom is -0.484 e. The minimum atomic E-state index is -0.498. The van der Waals surface area contributed by atoms with Gasteiger partial charge in [0.25, 0.3) is 5.91 Å². The molecule has 2 rings (SSSR count). The predicted octanol–water partition coefficient (Wildman–Crippen LogP) is 3.06. The molecule has 0 unspecified atom stereocenters. The zero-order valence-electron chi connectivity index (χ0n) is 16.1. The Bertz CT molecular complexity index is 881. The number of ether oxygens (including phenoxy) is 1. The standard InChI is InChI=1S/C21H22FN3O3S/c1-14(2)16-6-10-18(11-7-16)28-13-20(27)24-25-21(29)23-19(26)12-5-15-3-8-17(22)9-4-15/h3-12,14H,13H2,1-2H3,(H,24,27)(H2,23,25,26,29)/b12-5+. The molecule has 3 N–H and O–H groups in total. The first-order valence-corrected chi connectivity index (χ1v) is 9.30. The zero-order valence-corrected chi connectivity index (χ0v) is 16.9. The fourth-order valence-electron chi connectivity index (χ4n) is 2.19. The highest BCUT2D eigenvalue weighted by molar-refractivity contribution is 7.80. The number of nitrogens with one attached hydrogen (secondary N) is 3. The van der Waals surface area contributed by atoms with Gasteiger partial charge in [-0.2, -0.15) is 0 Å². The lowest BCUT2D eigenvalue weighted by atomic mass is 10.0. The van der Waals surface area contributed by atoms with E-state index in [0.29, 0.717) is 17.2 Å². The summed E-state index contributed by atoms with van der Waals surface area (Å²) >= 11 is 4.93. The van der Waals surface area contributed by atoms with Crippen molar-refractivity contribution in [3.05, 3.63) is 71.6 Å². The molecule has 0 aromatic heterocycles. The molecule has 0 bridgehead atoms. The second-order valence-electron chi connectivity index (χ2n) is 6.39. The van der Waals surface area contributed by atoms with E-state index in [1.807, 2.05) is 12.1 Å². The Morgan fingerprint density at radius 1 is 1.07 bits per heavy atom. The summed E-state index contributed by atoms with van der Waals surface area (Å²) in [4.78, 5) is 23.6. The van der Waals surface area contributed by atoms with E-state index in [9.17, 15) is 14.0 Å². The number of hydrazine groups is 1. The Morgan fingerprint density at radius 2 is 1.72 bits per heavy atom. The van der Waals surface area contributed by atoms with Crippen LogP contribution in [0, 0.1) is 5.82 Å². The summed E-state index contributed by atoms with van der Waals surface area (Å²) in [5.74, 6) is -0.326. The molecule has 152 valence electrons. The molecule has 0 heterocycles. The molecule has 6 nitrogen and oxygen atoms in total. The fraction of sp³-hybridized carbons (Fsp3) is 0.190. The van der Waals surface area contributed by atoms with Crippen molar-refractivity contribution in [2.24, 2.45) is 0 Å². The minimum absolute atomic E-state index is 0.0756. The van der Waals surface area contributed by atoms with Crippen LogP contribution in [-0.2, 0) is 9.59 Å². The van der Waals surface area contributed by atoms with E-state index in [1.54, 1.807) is 12.1 Å². The van der Waals surface area contributed by atoms with Crippen molar-refractivity contribution in [1.29, 1.82) is 0 Å². The number of hydrogen-bond donors (Lipinski definition) is 3. The largest absolute Gasteiger partial charge is 0.484 e. The van der Waals surface area contributed by atoms with Crippen LogP contribution in [-0.4, -0.2) is 23.5 Å². The van der Waals surface area contributed by atoms with Crippen LogP contribution in [0.3, 0.4) is 0 Å². The molecular weight excluding hydrogens is 393 g/mol. The highest BCUT2D eigenvalue weighted by atomic mass is 32.1. The van der Waals surface area contributed by atoms with Crippen LogP contribution in [0.25, 0.3) is 6.08 Å². The Morgan fingerprint density at radius 3 is 2.34 bits per heavy atom. The number of benzene rings is 2. The fourth-order valence-corrected chi connectivity index (χ4v) is 2.34. The third-order valence-corrected chi connectivity index (χ3v) is 3.97. The number of rotatable bonds is 6. The third kappa shape index (κ3) is 8.10. The molecule has 2 amide bonds. The van der Waals surface area contributed by atoms with Gasteiger partial charge in [0.05, 0.1) is 0 Å². The van der Waals surface area contributed by atoms with Crippen molar-refractivity contribution in [2.75, 3.05) is 6.61 Å². The topological polar surface area (TPSA) is 79.5 Å². The summed E-state index contributed by atoms with van der Waals surface area (Å²) in [5, 5.41) is 2.30. The summed E-state index contributed by atoms with van der Waals surface area (Å²) in [5.41, 5.74) is 6.59. The van der Waals surface area contributed by atoms with Crippen LogP contribution in [0.2, 0.25) is 0 Å². The number of halogens is 1. The van der Waals surface area contributed by atoms with Gasteiger partial charge in [0.1, 0.15) is 11.6 Å². The quantitative estimate of drug-likeness (QED) is 0.384. The molecule has 0 aliphatic carbocycles. The Labute approximate surface area is 174 Å². The maximum atomic E-state index is 12.8. The summed E-state index contributed by atoms with van der Waals surface area (Å²) < 4.78 is 18.2. The molecule has 2 aromatic carbocycles. The van der Waals surface area contributed by atoms with Crippen molar-refractivity contribution in [3.8, 4) is 5.75 Å². The Balaban J connectivity index is 1.69.